The average Bonchev–Trinajstić information content (AvgIpc) is 2.87. The number of carbonyl (C=O) groups is 2. The van der Waals surface area contributed by atoms with Crippen molar-refractivity contribution in [3.8, 4) is 11.5 Å². The summed E-state index contributed by atoms with van der Waals surface area (Å²) < 4.78 is 16.2. The number of nitrogens with one attached hydrogen (secondary N) is 1. The Labute approximate surface area is 210 Å². The van der Waals surface area contributed by atoms with Gasteiger partial charge in [0.05, 0.1) is 26.4 Å². The van der Waals surface area contributed by atoms with Crippen LogP contribution >= 0.6 is 11.8 Å². The first kappa shape index (κ1) is 24.9. The van der Waals surface area contributed by atoms with Crippen molar-refractivity contribution in [2.75, 3.05) is 27.1 Å². The summed E-state index contributed by atoms with van der Waals surface area (Å²) in [5.74, 6) is 0.469. The molecule has 2 aromatic rings. The number of hydrogen-bond donors (Lipinski definition) is 1. The van der Waals surface area contributed by atoms with E-state index in [9.17, 15) is 9.59 Å². The number of ketones is 1. The Hall–Kier alpha value is -3.19. The Kier molecular flexibility index (Phi) is 7.55. The molecule has 4 rings (SSSR count). The predicted molar refractivity (Wildman–Crippen MR) is 137 cm³/mol. The number of dihydropyridines is 1. The monoisotopic (exact) mass is 493 g/mol. The fraction of sp³-hybridized carbons (Fsp3) is 0.357. The molecule has 1 heterocycles. The van der Waals surface area contributed by atoms with Gasteiger partial charge in [-0.15, -0.1) is 11.8 Å². The molecule has 0 saturated carbocycles. The summed E-state index contributed by atoms with van der Waals surface area (Å²) in [4.78, 5) is 27.9. The largest absolute Gasteiger partial charge is 0.493 e. The molecule has 2 aromatic carbocycles. The number of ether oxygens (including phenoxy) is 3. The van der Waals surface area contributed by atoms with Gasteiger partial charge in [0.2, 0.25) is 0 Å². The Morgan fingerprint density at radius 2 is 1.71 bits per heavy atom. The quantitative estimate of drug-likeness (QED) is 0.412. The summed E-state index contributed by atoms with van der Waals surface area (Å²) >= 11 is 1.65. The van der Waals surface area contributed by atoms with Gasteiger partial charge in [-0.3, -0.25) is 4.79 Å². The van der Waals surface area contributed by atoms with E-state index in [0.29, 0.717) is 35.5 Å². The second-order valence-corrected chi connectivity index (χ2v) is 9.50. The minimum absolute atomic E-state index is 0.00924. The Bertz CT molecular complexity index is 1200. The lowest BCUT2D eigenvalue weighted by molar-refractivity contribution is -0.138. The van der Waals surface area contributed by atoms with E-state index in [0.717, 1.165) is 27.4 Å². The van der Waals surface area contributed by atoms with Gasteiger partial charge in [0.25, 0.3) is 0 Å². The molecule has 184 valence electrons. The van der Waals surface area contributed by atoms with Crippen molar-refractivity contribution in [2.24, 2.45) is 0 Å². The second-order valence-electron chi connectivity index (χ2n) is 8.63. The standard InChI is InChI=1S/C28H31NO5S/c1-6-34-28(31)25-16(2)29-21-13-19(18-9-12-23(32-3)24(15-18)33-4)14-22(30)27(21)26(25)17-7-10-20(35-5)11-8-17/h7-12,15,19,26,29H,6,13-14H2,1-5H3/t19-,26-/m0/s1. The van der Waals surface area contributed by atoms with Gasteiger partial charge in [0.1, 0.15) is 0 Å². The minimum atomic E-state index is -0.458. The van der Waals surface area contributed by atoms with Gasteiger partial charge in [-0.05, 0) is 67.8 Å². The lowest BCUT2D eigenvalue weighted by Crippen LogP contribution is -2.36. The number of esters is 1. The number of hydrogen-bond acceptors (Lipinski definition) is 7. The highest BCUT2D eigenvalue weighted by molar-refractivity contribution is 7.98. The van der Waals surface area contributed by atoms with Gasteiger partial charge >= 0.3 is 5.97 Å². The summed E-state index contributed by atoms with van der Waals surface area (Å²) in [5.41, 5.74) is 4.68. The summed E-state index contributed by atoms with van der Waals surface area (Å²) in [6.45, 7) is 3.94. The van der Waals surface area contributed by atoms with Gasteiger partial charge in [0, 0.05) is 34.2 Å². The van der Waals surface area contributed by atoms with E-state index < -0.39 is 11.9 Å². The Morgan fingerprint density at radius 1 is 1.03 bits per heavy atom. The second kappa shape index (κ2) is 10.6. The van der Waals surface area contributed by atoms with Crippen LogP contribution in [-0.4, -0.2) is 38.8 Å². The first-order valence-electron chi connectivity index (χ1n) is 11.7. The third-order valence-corrected chi connectivity index (χ3v) is 7.39. The molecule has 0 fully saturated rings. The highest BCUT2D eigenvalue weighted by Gasteiger charge is 2.41. The normalized spacial score (nSPS) is 19.7. The maximum Gasteiger partial charge on any atom is 0.336 e. The number of rotatable bonds is 7. The van der Waals surface area contributed by atoms with Gasteiger partial charge in [-0.25, -0.2) is 4.79 Å². The van der Waals surface area contributed by atoms with Crippen LogP contribution in [-0.2, 0) is 14.3 Å². The summed E-state index contributed by atoms with van der Waals surface area (Å²) in [5, 5.41) is 3.39. The third-order valence-electron chi connectivity index (χ3n) is 6.65. The molecular weight excluding hydrogens is 462 g/mol. The van der Waals surface area contributed by atoms with Crippen LogP contribution in [0, 0.1) is 0 Å². The summed E-state index contributed by atoms with van der Waals surface area (Å²) in [6, 6.07) is 13.9. The van der Waals surface area contributed by atoms with Crippen LogP contribution in [0.25, 0.3) is 0 Å². The van der Waals surface area contributed by atoms with E-state index in [2.05, 4.69) is 5.32 Å². The molecule has 1 aliphatic heterocycles. The Morgan fingerprint density at radius 3 is 2.34 bits per heavy atom. The van der Waals surface area contributed by atoms with E-state index in [1.165, 1.54) is 0 Å². The van der Waals surface area contributed by atoms with Gasteiger partial charge in [-0.2, -0.15) is 0 Å². The minimum Gasteiger partial charge on any atom is -0.493 e. The van der Waals surface area contributed by atoms with Crippen LogP contribution in [0.15, 0.2) is 69.9 Å². The fourth-order valence-electron chi connectivity index (χ4n) is 4.99. The van der Waals surface area contributed by atoms with Crippen molar-refractivity contribution < 1.29 is 23.8 Å². The van der Waals surface area contributed by atoms with E-state index in [1.807, 2.05) is 55.6 Å². The lowest BCUT2D eigenvalue weighted by Gasteiger charge is -2.36. The molecular formula is C28H31NO5S. The van der Waals surface area contributed by atoms with E-state index >= 15 is 0 Å². The molecule has 1 aliphatic carbocycles. The molecule has 0 spiro atoms. The van der Waals surface area contributed by atoms with Crippen molar-refractivity contribution in [1.29, 1.82) is 0 Å². The van der Waals surface area contributed by atoms with Crippen molar-refractivity contribution in [1.82, 2.24) is 5.32 Å². The highest BCUT2D eigenvalue weighted by atomic mass is 32.2. The van der Waals surface area contributed by atoms with Gasteiger partial charge < -0.3 is 19.5 Å². The molecule has 0 saturated heterocycles. The summed E-state index contributed by atoms with van der Waals surface area (Å²) in [7, 11) is 3.21. The molecule has 0 aromatic heterocycles. The SMILES string of the molecule is CCOC(=O)C1=C(C)NC2=C(C(=O)C[C@@H](c3ccc(OC)c(OC)c3)C2)[C@H]1c1ccc(SC)cc1. The number of thioether (sulfide) groups is 1. The average molecular weight is 494 g/mol. The van der Waals surface area contributed by atoms with Crippen molar-refractivity contribution in [2.45, 2.75) is 43.4 Å². The number of allylic oxidation sites excluding steroid dienone is 3. The molecule has 2 aliphatic rings. The number of methoxy groups -OCH3 is 2. The van der Waals surface area contributed by atoms with Crippen LogP contribution in [0.2, 0.25) is 0 Å². The maximum absolute atomic E-state index is 13.7. The van der Waals surface area contributed by atoms with Crippen LogP contribution in [0.3, 0.4) is 0 Å². The zero-order valence-electron chi connectivity index (χ0n) is 20.8. The molecule has 0 unspecified atom stereocenters. The number of benzene rings is 2. The number of carbonyl (C=O) groups excluding carboxylic acids is 2. The summed E-state index contributed by atoms with van der Waals surface area (Å²) in [6.07, 6.45) is 3.03. The van der Waals surface area contributed by atoms with Crippen LogP contribution in [0.5, 0.6) is 11.5 Å². The maximum atomic E-state index is 13.7. The molecule has 35 heavy (non-hydrogen) atoms. The third kappa shape index (κ3) is 4.82. The van der Waals surface area contributed by atoms with Crippen molar-refractivity contribution in [3.63, 3.8) is 0 Å². The Balaban J connectivity index is 1.76. The van der Waals surface area contributed by atoms with E-state index in [1.54, 1.807) is 32.9 Å². The molecule has 1 N–H and O–H groups in total. The van der Waals surface area contributed by atoms with Gasteiger partial charge in [-0.1, -0.05) is 18.2 Å². The van der Waals surface area contributed by atoms with Crippen molar-refractivity contribution in [3.05, 3.63) is 76.1 Å². The fourth-order valence-corrected chi connectivity index (χ4v) is 5.40. The van der Waals surface area contributed by atoms with E-state index in [4.69, 9.17) is 14.2 Å². The zero-order chi connectivity index (χ0) is 25.1. The topological polar surface area (TPSA) is 73.9 Å². The molecule has 0 amide bonds. The molecule has 7 heteroatoms. The predicted octanol–water partition coefficient (Wildman–Crippen LogP) is 5.35. The molecule has 0 radical (unpaired) electrons. The molecule has 2 atom stereocenters. The van der Waals surface area contributed by atoms with Gasteiger partial charge in [0.15, 0.2) is 17.3 Å². The highest BCUT2D eigenvalue weighted by Crippen LogP contribution is 2.46. The molecule has 6 nitrogen and oxygen atoms in total. The smallest absolute Gasteiger partial charge is 0.336 e. The molecule has 0 bridgehead atoms. The van der Waals surface area contributed by atoms with Crippen LogP contribution < -0.4 is 14.8 Å². The zero-order valence-corrected chi connectivity index (χ0v) is 21.6. The lowest BCUT2D eigenvalue weighted by atomic mass is 9.71. The van der Waals surface area contributed by atoms with Crippen LogP contribution in [0.1, 0.15) is 49.7 Å². The first-order chi connectivity index (χ1) is 16.9. The number of Topliss-reactive ketones (excluding diaryl/α,β-unsaturated/α-hetero) is 1. The van der Waals surface area contributed by atoms with E-state index in [-0.39, 0.29) is 18.3 Å². The first-order valence-corrected chi connectivity index (χ1v) is 12.9. The van der Waals surface area contributed by atoms with Crippen molar-refractivity contribution >= 4 is 23.5 Å². The van der Waals surface area contributed by atoms with Crippen LogP contribution in [0.4, 0.5) is 0 Å².